The summed E-state index contributed by atoms with van der Waals surface area (Å²) in [5, 5.41) is 23.7. The number of Topliss-reactive ketones (excluding diaryl/α,β-unsaturated/α-hetero) is 3. The van der Waals surface area contributed by atoms with Gasteiger partial charge in [0.25, 0.3) is 11.7 Å². The molecule has 0 spiro atoms. The Balaban J connectivity index is 1.46. The van der Waals surface area contributed by atoms with Gasteiger partial charge in [-0.25, -0.2) is 4.79 Å². The van der Waals surface area contributed by atoms with Crippen LogP contribution in [0.3, 0.4) is 0 Å². The van der Waals surface area contributed by atoms with E-state index in [-0.39, 0.29) is 55.2 Å². The molecule has 1 saturated carbocycles. The first-order chi connectivity index (χ1) is 41.2. The summed E-state index contributed by atoms with van der Waals surface area (Å²) in [7, 11) is 4.53. The van der Waals surface area contributed by atoms with Crippen LogP contribution in [-0.2, 0) is 80.9 Å². The predicted molar refractivity (Wildman–Crippen MR) is 323 cm³/mol. The molecule has 490 valence electrons. The van der Waals surface area contributed by atoms with Crippen molar-refractivity contribution in [1.29, 1.82) is 0 Å². The maximum absolute atomic E-state index is 14.7. The van der Waals surface area contributed by atoms with Gasteiger partial charge >= 0.3 is 11.9 Å². The second-order valence-electron chi connectivity index (χ2n) is 24.2. The number of carbonyl (C=O) groups is 6. The highest BCUT2D eigenvalue weighted by Crippen LogP contribution is 2.38. The summed E-state index contributed by atoms with van der Waals surface area (Å²) in [6.07, 6.45) is 12.2. The van der Waals surface area contributed by atoms with Crippen LogP contribution in [0.1, 0.15) is 152 Å². The third kappa shape index (κ3) is 24.4. The first kappa shape index (κ1) is 74.4. The molecule has 2 bridgehead atoms. The topological polar surface area (TPSA) is 248 Å². The van der Waals surface area contributed by atoms with Gasteiger partial charge in [0, 0.05) is 78.1 Å². The number of esters is 2. The number of carbonyl (C=O) groups excluding carboxylic acids is 6. The fraction of sp³-hybridized carbons (Fsp3) is 0.788. The third-order valence-corrected chi connectivity index (χ3v) is 17.2. The number of methoxy groups -OCH3 is 3. The first-order valence-corrected chi connectivity index (χ1v) is 31.8. The summed E-state index contributed by atoms with van der Waals surface area (Å²) in [4.78, 5) is 86.0. The van der Waals surface area contributed by atoms with Crippen molar-refractivity contribution in [2.24, 2.45) is 35.5 Å². The number of ketones is 3. The number of ether oxygens (including phenoxy) is 11. The van der Waals surface area contributed by atoms with Gasteiger partial charge in [0.2, 0.25) is 5.79 Å². The standard InChI is InChI=1S/C66H107NO19/c1-12-28-79-30-32-81-34-36-83-37-35-82-33-31-80-29-18-22-59(69)84-55-26-24-51(41-58(55)77-10)40-47(5)57-43-54(68)46(4)39-49(7)61(71)62(78-11)60(70)48(6)38-44(2)19-14-13-15-20-45(3)56(76-9)42-52-25-23-50(8)66(75,86-52)63(72)64(73)67-27-17-16-21-53(67)65(74)85-57/h13-15,19-20,39,44,46-48,50-53,55-58,61-62,71,75H,12,16-18,21-38,40-43H2,1-11H3/b15-13+,19-14+,45-20+,49-39+/t44-,46-,47-,48-,50-,51+,52+,53+,55-,56+,57+,58-,61-,62+,66-/m1/s1. The third-order valence-electron chi connectivity index (χ3n) is 17.2. The molecular weight excluding hydrogens is 1110 g/mol. The zero-order chi connectivity index (χ0) is 63.2. The maximum Gasteiger partial charge on any atom is 0.329 e. The minimum atomic E-state index is -2.46. The molecule has 2 saturated heterocycles. The fourth-order valence-electron chi connectivity index (χ4n) is 11.9. The molecule has 15 atom stereocenters. The number of cyclic esters (lactones) is 1. The summed E-state index contributed by atoms with van der Waals surface area (Å²) in [6.45, 7) is 19.6. The molecular formula is C66H107NO19. The van der Waals surface area contributed by atoms with Crippen LogP contribution < -0.4 is 0 Å². The molecule has 3 aliphatic heterocycles. The largest absolute Gasteiger partial charge is 0.460 e. The normalized spacial score (nSPS) is 33.4. The number of amides is 1. The van der Waals surface area contributed by atoms with E-state index in [1.807, 2.05) is 58.1 Å². The second-order valence-corrected chi connectivity index (χ2v) is 24.2. The molecule has 0 radical (unpaired) electrons. The summed E-state index contributed by atoms with van der Waals surface area (Å²) < 4.78 is 63.5. The summed E-state index contributed by atoms with van der Waals surface area (Å²) >= 11 is 0. The number of piperidine rings is 1. The summed E-state index contributed by atoms with van der Waals surface area (Å²) in [5.41, 5.74) is 1.23. The van der Waals surface area contributed by atoms with E-state index in [0.29, 0.717) is 136 Å². The van der Waals surface area contributed by atoms with Gasteiger partial charge in [-0.15, -0.1) is 0 Å². The van der Waals surface area contributed by atoms with E-state index in [1.165, 1.54) is 12.0 Å². The van der Waals surface area contributed by atoms with Crippen LogP contribution in [0.15, 0.2) is 47.6 Å². The van der Waals surface area contributed by atoms with Crippen LogP contribution in [0.4, 0.5) is 0 Å². The number of aliphatic hydroxyl groups is 2. The van der Waals surface area contributed by atoms with Gasteiger partial charge in [-0.05, 0) is 120 Å². The van der Waals surface area contributed by atoms with Gasteiger partial charge in [0.15, 0.2) is 5.78 Å². The molecule has 2 N–H and O–H groups in total. The van der Waals surface area contributed by atoms with Crippen molar-refractivity contribution >= 4 is 35.2 Å². The van der Waals surface area contributed by atoms with E-state index in [0.717, 1.165) is 18.6 Å². The van der Waals surface area contributed by atoms with Crippen molar-refractivity contribution in [3.8, 4) is 0 Å². The molecule has 0 aromatic carbocycles. The Labute approximate surface area is 512 Å². The molecule has 4 aliphatic rings. The molecule has 1 amide bonds. The van der Waals surface area contributed by atoms with Gasteiger partial charge in [-0.2, -0.15) is 0 Å². The minimum Gasteiger partial charge on any atom is -0.460 e. The Morgan fingerprint density at radius 2 is 1.40 bits per heavy atom. The van der Waals surface area contributed by atoms with Crippen LogP contribution in [-0.4, -0.2) is 199 Å². The van der Waals surface area contributed by atoms with E-state index < -0.39 is 95.9 Å². The van der Waals surface area contributed by atoms with Crippen molar-refractivity contribution < 1.29 is 91.1 Å². The van der Waals surface area contributed by atoms with E-state index in [9.17, 15) is 39.0 Å². The number of hydrogen-bond acceptors (Lipinski definition) is 19. The number of rotatable bonds is 25. The molecule has 1 aliphatic carbocycles. The average molecular weight is 1220 g/mol. The van der Waals surface area contributed by atoms with Crippen molar-refractivity contribution in [2.75, 3.05) is 93.9 Å². The van der Waals surface area contributed by atoms with E-state index in [1.54, 1.807) is 41.1 Å². The lowest BCUT2D eigenvalue weighted by molar-refractivity contribution is -0.265. The molecule has 0 unspecified atom stereocenters. The number of hydrogen-bond donors (Lipinski definition) is 2. The first-order valence-electron chi connectivity index (χ1n) is 31.8. The van der Waals surface area contributed by atoms with Crippen molar-refractivity contribution in [2.45, 2.75) is 206 Å². The van der Waals surface area contributed by atoms with Crippen LogP contribution in [0.25, 0.3) is 0 Å². The highest BCUT2D eigenvalue weighted by atomic mass is 16.6. The van der Waals surface area contributed by atoms with E-state index in [2.05, 4.69) is 6.92 Å². The zero-order valence-electron chi connectivity index (χ0n) is 53.7. The molecule has 3 heterocycles. The average Bonchev–Trinajstić information content (AvgIpc) is 1.46. The molecule has 0 aromatic heterocycles. The fourth-order valence-corrected chi connectivity index (χ4v) is 11.9. The zero-order valence-corrected chi connectivity index (χ0v) is 53.7. The number of fused-ring (bicyclic) bond motifs is 3. The van der Waals surface area contributed by atoms with E-state index >= 15 is 0 Å². The minimum absolute atomic E-state index is 0.00350. The van der Waals surface area contributed by atoms with Crippen molar-refractivity contribution in [3.63, 3.8) is 0 Å². The monoisotopic (exact) mass is 1220 g/mol. The number of aliphatic hydroxyl groups excluding tert-OH is 1. The number of nitrogens with zero attached hydrogens (tertiary/aromatic N) is 1. The van der Waals surface area contributed by atoms with Crippen LogP contribution in [0, 0.1) is 35.5 Å². The molecule has 0 aromatic rings. The predicted octanol–water partition coefficient (Wildman–Crippen LogP) is 8.00. The smallest absolute Gasteiger partial charge is 0.329 e. The molecule has 4 rings (SSSR count). The van der Waals surface area contributed by atoms with Gasteiger partial charge in [0.1, 0.15) is 36.2 Å². The molecule has 86 heavy (non-hydrogen) atoms. The Morgan fingerprint density at radius 1 is 0.744 bits per heavy atom. The second kappa shape index (κ2) is 39.8. The quantitative estimate of drug-likeness (QED) is 0.0380. The van der Waals surface area contributed by atoms with Gasteiger partial charge in [-0.1, -0.05) is 78.0 Å². The molecule has 20 heteroatoms. The highest BCUT2D eigenvalue weighted by Gasteiger charge is 2.53. The lowest BCUT2D eigenvalue weighted by Gasteiger charge is -2.42. The van der Waals surface area contributed by atoms with Gasteiger partial charge < -0.3 is 67.2 Å². The van der Waals surface area contributed by atoms with Gasteiger partial charge in [0.05, 0.1) is 71.2 Å². The SMILES string of the molecule is CCCOCCOCCOCCOCCOCCCC(=O)O[C@@H]1CC[C@@H](C[C@@H](C)[C@@H]2CC(=O)[C@H](C)/C=C(\C)[C@@H](O)[C@@H](OC)C(=O)[C@H](C)C[C@H](C)/C=C/C=C/C=C(\C)[C@@H](OC)C[C@@H]3CC[C@@H](C)[C@@](O)(O3)C(=O)C(=O)N3CCCC[C@H]3C(=O)O2)C[C@H]1OC. The van der Waals surface area contributed by atoms with Crippen LogP contribution in [0.2, 0.25) is 0 Å². The lowest BCUT2D eigenvalue weighted by Crippen LogP contribution is -2.61. The maximum atomic E-state index is 14.7. The highest BCUT2D eigenvalue weighted by molar-refractivity contribution is 6.39. The number of allylic oxidation sites excluding steroid dienone is 6. The Bertz CT molecular complexity index is 2200. The molecule has 3 fully saturated rings. The van der Waals surface area contributed by atoms with Gasteiger partial charge in [-0.3, -0.25) is 24.0 Å². The molecule has 20 nitrogen and oxygen atoms in total. The Morgan fingerprint density at radius 3 is 2.02 bits per heavy atom. The summed E-state index contributed by atoms with van der Waals surface area (Å²) in [5.74, 6) is -8.76. The van der Waals surface area contributed by atoms with Crippen molar-refractivity contribution in [1.82, 2.24) is 4.90 Å². The van der Waals surface area contributed by atoms with Crippen molar-refractivity contribution in [3.05, 3.63) is 47.6 Å². The van der Waals surface area contributed by atoms with E-state index in [4.69, 9.17) is 52.1 Å². The van der Waals surface area contributed by atoms with Crippen LogP contribution >= 0.6 is 0 Å². The lowest BCUT2D eigenvalue weighted by atomic mass is 9.78. The summed E-state index contributed by atoms with van der Waals surface area (Å²) in [6, 6.07) is -1.19. The Hall–Kier alpha value is -4.06. The van der Waals surface area contributed by atoms with Crippen LogP contribution in [0.5, 0.6) is 0 Å². The Kier molecular flexibility index (Phi) is 34.5.